The van der Waals surface area contributed by atoms with Crippen molar-refractivity contribution in [3.8, 4) is 0 Å². The lowest BCUT2D eigenvalue weighted by atomic mass is 9.78. The van der Waals surface area contributed by atoms with Crippen LogP contribution in [-0.4, -0.2) is 47.9 Å². The van der Waals surface area contributed by atoms with Crippen LogP contribution in [0.3, 0.4) is 0 Å². The number of carbonyl (C=O) groups excluding carboxylic acids is 2. The monoisotopic (exact) mass is 469 g/mol. The van der Waals surface area contributed by atoms with E-state index in [9.17, 15) is 22.8 Å². The standard InChI is InChI=1S/C25H38F3N3O2/c1-6-7-9-18-15-21(31(5)16(2)3)12-13-22(18)30-23(32)17(4)29-24(33)19-10-8-11-20(14-19)25(26,27)28/h8,10-11,14,16-18,21-22H,6-7,9,12-13,15H2,1-5H3,(H,29,33)(H,30,32)/t17-,18+,21+,22-/m0/s1. The number of halogens is 3. The van der Waals surface area contributed by atoms with Gasteiger partial charge in [-0.05, 0) is 77.6 Å². The SMILES string of the molecule is CCCC[C@@H]1C[C@H](N(C)C(C)C)CC[C@@H]1NC(=O)[C@H](C)NC(=O)c1cccc(C(F)(F)F)c1. The Morgan fingerprint density at radius 2 is 1.88 bits per heavy atom. The molecule has 0 bridgehead atoms. The minimum atomic E-state index is -4.53. The third-order valence-corrected chi connectivity index (χ3v) is 6.79. The molecule has 2 rings (SSSR count). The van der Waals surface area contributed by atoms with Crippen LogP contribution in [0.15, 0.2) is 24.3 Å². The number of benzene rings is 1. The van der Waals surface area contributed by atoms with Crippen LogP contribution in [0.2, 0.25) is 0 Å². The van der Waals surface area contributed by atoms with Crippen LogP contribution in [0.5, 0.6) is 0 Å². The predicted octanol–water partition coefficient (Wildman–Crippen LogP) is 5.01. The van der Waals surface area contributed by atoms with E-state index in [1.807, 2.05) is 0 Å². The average molecular weight is 470 g/mol. The molecule has 0 aliphatic heterocycles. The highest BCUT2D eigenvalue weighted by Crippen LogP contribution is 2.32. The lowest BCUT2D eigenvalue weighted by Crippen LogP contribution is -2.53. The summed E-state index contributed by atoms with van der Waals surface area (Å²) in [6, 6.07) is 4.33. The Balaban J connectivity index is 2.00. The lowest BCUT2D eigenvalue weighted by molar-refractivity contribution is -0.137. The van der Waals surface area contributed by atoms with Gasteiger partial charge in [0.15, 0.2) is 0 Å². The molecule has 1 aromatic rings. The topological polar surface area (TPSA) is 61.4 Å². The normalized spacial score (nSPS) is 22.3. The molecule has 0 spiro atoms. The van der Waals surface area contributed by atoms with Crippen LogP contribution in [0.1, 0.15) is 82.1 Å². The molecule has 0 unspecified atom stereocenters. The predicted molar refractivity (Wildman–Crippen MR) is 124 cm³/mol. The smallest absolute Gasteiger partial charge is 0.351 e. The Kier molecular flexibility index (Phi) is 9.76. The Morgan fingerprint density at radius 1 is 1.18 bits per heavy atom. The van der Waals surface area contributed by atoms with E-state index in [-0.39, 0.29) is 17.5 Å². The van der Waals surface area contributed by atoms with Gasteiger partial charge < -0.3 is 15.5 Å². The minimum Gasteiger partial charge on any atom is -0.351 e. The van der Waals surface area contributed by atoms with Crippen LogP contribution in [0, 0.1) is 5.92 Å². The quantitative estimate of drug-likeness (QED) is 0.535. The summed E-state index contributed by atoms with van der Waals surface area (Å²) in [5, 5.41) is 5.64. The molecule has 33 heavy (non-hydrogen) atoms. The Hall–Kier alpha value is -2.09. The van der Waals surface area contributed by atoms with Crippen molar-refractivity contribution in [2.24, 2.45) is 5.92 Å². The van der Waals surface area contributed by atoms with Gasteiger partial charge in [-0.2, -0.15) is 13.2 Å². The van der Waals surface area contributed by atoms with Gasteiger partial charge in [0.25, 0.3) is 5.91 Å². The van der Waals surface area contributed by atoms with E-state index < -0.39 is 23.7 Å². The van der Waals surface area contributed by atoms with Gasteiger partial charge in [-0.3, -0.25) is 9.59 Å². The van der Waals surface area contributed by atoms with E-state index in [1.54, 1.807) is 6.92 Å². The number of hydrogen-bond acceptors (Lipinski definition) is 3. The molecule has 0 heterocycles. The second-order valence-electron chi connectivity index (χ2n) is 9.52. The first-order valence-corrected chi connectivity index (χ1v) is 11.9. The molecule has 0 saturated heterocycles. The zero-order valence-electron chi connectivity index (χ0n) is 20.3. The summed E-state index contributed by atoms with van der Waals surface area (Å²) < 4.78 is 38.8. The molecular weight excluding hydrogens is 431 g/mol. The molecule has 0 aromatic heterocycles. The van der Waals surface area contributed by atoms with Crippen molar-refractivity contribution in [2.45, 2.75) is 96.6 Å². The minimum absolute atomic E-state index is 0.0359. The summed E-state index contributed by atoms with van der Waals surface area (Å²) >= 11 is 0. The summed E-state index contributed by atoms with van der Waals surface area (Å²) in [5.41, 5.74) is -1.02. The van der Waals surface area contributed by atoms with E-state index in [4.69, 9.17) is 0 Å². The molecule has 1 aliphatic carbocycles. The summed E-state index contributed by atoms with van der Waals surface area (Å²) in [6.07, 6.45) is 1.57. The van der Waals surface area contributed by atoms with Crippen LogP contribution < -0.4 is 10.6 Å². The first kappa shape index (κ1) is 27.2. The second kappa shape index (κ2) is 11.9. The maximum Gasteiger partial charge on any atom is 0.416 e. The molecule has 2 N–H and O–H groups in total. The molecule has 186 valence electrons. The Bertz CT molecular complexity index is 797. The Labute approximate surface area is 195 Å². The fourth-order valence-electron chi connectivity index (χ4n) is 4.50. The van der Waals surface area contributed by atoms with Crippen molar-refractivity contribution in [3.63, 3.8) is 0 Å². The first-order valence-electron chi connectivity index (χ1n) is 11.9. The average Bonchev–Trinajstić information content (AvgIpc) is 2.77. The highest BCUT2D eigenvalue weighted by atomic mass is 19.4. The summed E-state index contributed by atoms with van der Waals surface area (Å²) in [5.74, 6) is -0.647. The van der Waals surface area contributed by atoms with Gasteiger partial charge >= 0.3 is 6.18 Å². The molecule has 0 radical (unpaired) electrons. The van der Waals surface area contributed by atoms with E-state index in [2.05, 4.69) is 43.4 Å². The van der Waals surface area contributed by atoms with Gasteiger partial charge in [0.1, 0.15) is 6.04 Å². The maximum atomic E-state index is 12.9. The number of hydrogen-bond donors (Lipinski definition) is 2. The molecule has 2 amide bonds. The van der Waals surface area contributed by atoms with E-state index in [0.717, 1.165) is 50.7 Å². The number of nitrogens with one attached hydrogen (secondary N) is 2. The maximum absolute atomic E-state index is 12.9. The van der Waals surface area contributed by atoms with Gasteiger partial charge in [0, 0.05) is 23.7 Å². The first-order chi connectivity index (χ1) is 15.4. The number of unbranched alkanes of at least 4 members (excludes halogenated alkanes) is 1. The number of nitrogens with zero attached hydrogens (tertiary/aromatic N) is 1. The second-order valence-corrected chi connectivity index (χ2v) is 9.52. The van der Waals surface area contributed by atoms with Crippen LogP contribution in [0.4, 0.5) is 13.2 Å². The number of rotatable bonds is 9. The molecule has 4 atom stereocenters. The molecule has 1 fully saturated rings. The summed E-state index contributed by atoms with van der Waals surface area (Å²) in [7, 11) is 2.15. The molecule has 8 heteroatoms. The lowest BCUT2D eigenvalue weighted by Gasteiger charge is -2.42. The van der Waals surface area contributed by atoms with Gasteiger partial charge in [-0.15, -0.1) is 0 Å². The summed E-state index contributed by atoms with van der Waals surface area (Å²) in [4.78, 5) is 27.7. The van der Waals surface area contributed by atoms with Gasteiger partial charge in [0.2, 0.25) is 5.91 Å². The van der Waals surface area contributed by atoms with Crippen molar-refractivity contribution in [2.75, 3.05) is 7.05 Å². The van der Waals surface area contributed by atoms with Gasteiger partial charge in [-0.25, -0.2) is 0 Å². The van der Waals surface area contributed by atoms with Crippen LogP contribution in [-0.2, 0) is 11.0 Å². The molecule has 1 saturated carbocycles. The van der Waals surface area contributed by atoms with Crippen LogP contribution in [0.25, 0.3) is 0 Å². The fourth-order valence-corrected chi connectivity index (χ4v) is 4.50. The summed E-state index contributed by atoms with van der Waals surface area (Å²) in [6.45, 7) is 8.08. The van der Waals surface area contributed by atoms with Gasteiger partial charge in [-0.1, -0.05) is 25.8 Å². The third-order valence-electron chi connectivity index (χ3n) is 6.79. The molecule has 5 nitrogen and oxygen atoms in total. The zero-order valence-corrected chi connectivity index (χ0v) is 20.3. The van der Waals surface area contributed by atoms with E-state index in [0.29, 0.717) is 18.0 Å². The molecular formula is C25H38F3N3O2. The number of carbonyl (C=O) groups is 2. The van der Waals surface area contributed by atoms with Crippen LogP contribution >= 0.6 is 0 Å². The van der Waals surface area contributed by atoms with Crippen molar-refractivity contribution in [1.82, 2.24) is 15.5 Å². The molecule has 1 aliphatic rings. The number of amides is 2. The van der Waals surface area contributed by atoms with Crippen molar-refractivity contribution in [1.29, 1.82) is 0 Å². The molecule has 1 aromatic carbocycles. The Morgan fingerprint density at radius 3 is 2.48 bits per heavy atom. The number of alkyl halides is 3. The largest absolute Gasteiger partial charge is 0.416 e. The van der Waals surface area contributed by atoms with E-state index >= 15 is 0 Å². The van der Waals surface area contributed by atoms with Crippen molar-refractivity contribution < 1.29 is 22.8 Å². The van der Waals surface area contributed by atoms with Gasteiger partial charge in [0.05, 0.1) is 5.56 Å². The van der Waals surface area contributed by atoms with Crippen molar-refractivity contribution >= 4 is 11.8 Å². The third kappa shape index (κ3) is 7.73. The highest BCUT2D eigenvalue weighted by molar-refractivity contribution is 5.97. The fraction of sp³-hybridized carbons (Fsp3) is 0.680. The highest BCUT2D eigenvalue weighted by Gasteiger charge is 2.34. The van der Waals surface area contributed by atoms with E-state index in [1.165, 1.54) is 12.1 Å². The zero-order chi connectivity index (χ0) is 24.8. The van der Waals surface area contributed by atoms with Crippen molar-refractivity contribution in [3.05, 3.63) is 35.4 Å².